The number of carbonyl (C=O) groups is 1. The third kappa shape index (κ3) is 4.73. The van der Waals surface area contributed by atoms with Gasteiger partial charge in [0, 0.05) is 26.1 Å². The lowest BCUT2D eigenvalue weighted by Gasteiger charge is -2.40. The maximum Gasteiger partial charge on any atom is 0.222 e. The second-order valence-electron chi connectivity index (χ2n) is 7.09. The van der Waals surface area contributed by atoms with Gasteiger partial charge in [-0.25, -0.2) is 0 Å². The summed E-state index contributed by atoms with van der Waals surface area (Å²) in [6.07, 6.45) is 4.06. The molecule has 1 amide bonds. The largest absolute Gasteiger partial charge is 0.494 e. The summed E-state index contributed by atoms with van der Waals surface area (Å²) in [4.78, 5) is 14.2. The first-order valence-electron chi connectivity index (χ1n) is 9.08. The third-order valence-corrected chi connectivity index (χ3v) is 5.54. The molecule has 1 heterocycles. The van der Waals surface area contributed by atoms with E-state index < -0.39 is 0 Å². The van der Waals surface area contributed by atoms with Crippen LogP contribution in [0.4, 0.5) is 0 Å². The van der Waals surface area contributed by atoms with Crippen molar-refractivity contribution in [3.63, 3.8) is 0 Å². The zero-order chi connectivity index (χ0) is 17.6. The minimum atomic E-state index is 0.0309. The number of aliphatic hydroxyl groups excluding tert-OH is 1. The van der Waals surface area contributed by atoms with Gasteiger partial charge in [-0.05, 0) is 68.2 Å². The Balaban J connectivity index is 1.69. The molecule has 1 saturated heterocycles. The molecule has 2 rings (SSSR count). The van der Waals surface area contributed by atoms with Crippen LogP contribution in [0.1, 0.15) is 50.2 Å². The van der Waals surface area contributed by atoms with Crippen molar-refractivity contribution in [3.8, 4) is 5.75 Å². The number of benzene rings is 1. The minimum absolute atomic E-state index is 0.0309. The fourth-order valence-corrected chi connectivity index (χ4v) is 3.23. The van der Waals surface area contributed by atoms with Crippen molar-refractivity contribution in [2.24, 2.45) is 5.41 Å². The minimum Gasteiger partial charge on any atom is -0.494 e. The molecule has 4 heteroatoms. The molecule has 1 N–H and O–H groups in total. The van der Waals surface area contributed by atoms with Gasteiger partial charge < -0.3 is 14.7 Å². The first-order valence-corrected chi connectivity index (χ1v) is 9.08. The van der Waals surface area contributed by atoms with Gasteiger partial charge in [0.05, 0.1) is 6.61 Å². The van der Waals surface area contributed by atoms with Gasteiger partial charge in [-0.3, -0.25) is 4.79 Å². The first kappa shape index (κ1) is 18.8. The van der Waals surface area contributed by atoms with Crippen LogP contribution in [0.3, 0.4) is 0 Å². The second kappa shape index (κ2) is 8.52. The number of hydrogen-bond donors (Lipinski definition) is 1. The highest BCUT2D eigenvalue weighted by Gasteiger charge is 2.33. The van der Waals surface area contributed by atoms with Crippen LogP contribution in [0.5, 0.6) is 5.75 Å². The summed E-state index contributed by atoms with van der Waals surface area (Å²) in [5.74, 6) is 1.08. The van der Waals surface area contributed by atoms with Crippen molar-refractivity contribution < 1.29 is 14.6 Å². The maximum atomic E-state index is 12.3. The predicted octanol–water partition coefficient (Wildman–Crippen LogP) is 3.47. The average molecular weight is 333 g/mol. The van der Waals surface area contributed by atoms with Crippen LogP contribution >= 0.6 is 0 Å². The Morgan fingerprint density at radius 2 is 1.96 bits per heavy atom. The number of carbonyl (C=O) groups excluding carboxylic acids is 1. The Labute approximate surface area is 145 Å². The highest BCUT2D eigenvalue weighted by molar-refractivity contribution is 5.76. The Bertz CT molecular complexity index is 542. The van der Waals surface area contributed by atoms with Crippen molar-refractivity contribution in [2.75, 3.05) is 26.3 Å². The predicted molar refractivity (Wildman–Crippen MR) is 96.3 cm³/mol. The lowest BCUT2D eigenvalue weighted by molar-refractivity contribution is -0.134. The number of aliphatic hydroxyl groups is 1. The zero-order valence-electron chi connectivity index (χ0n) is 15.3. The summed E-state index contributed by atoms with van der Waals surface area (Å²) >= 11 is 0. The van der Waals surface area contributed by atoms with Crippen LogP contribution in [-0.2, 0) is 4.79 Å². The Morgan fingerprint density at radius 1 is 1.25 bits per heavy atom. The normalized spacial score (nSPS) is 16.9. The molecule has 0 saturated carbocycles. The van der Waals surface area contributed by atoms with Crippen LogP contribution in [0.15, 0.2) is 18.2 Å². The molecule has 0 bridgehead atoms. The Hall–Kier alpha value is -1.55. The van der Waals surface area contributed by atoms with E-state index in [-0.39, 0.29) is 17.9 Å². The highest BCUT2D eigenvalue weighted by Crippen LogP contribution is 2.34. The number of likely N-dealkylation sites (tertiary alicyclic amines) is 1. The molecule has 1 aliphatic heterocycles. The summed E-state index contributed by atoms with van der Waals surface area (Å²) in [5, 5.41) is 9.56. The molecule has 1 fully saturated rings. The van der Waals surface area contributed by atoms with E-state index in [1.807, 2.05) is 17.0 Å². The first-order chi connectivity index (χ1) is 11.5. The van der Waals surface area contributed by atoms with Crippen LogP contribution in [0, 0.1) is 19.3 Å². The quantitative estimate of drug-likeness (QED) is 0.777. The van der Waals surface area contributed by atoms with E-state index in [0.717, 1.165) is 44.5 Å². The van der Waals surface area contributed by atoms with E-state index in [0.29, 0.717) is 13.0 Å². The second-order valence-corrected chi connectivity index (χ2v) is 7.09. The molecule has 134 valence electrons. The zero-order valence-corrected chi connectivity index (χ0v) is 15.3. The van der Waals surface area contributed by atoms with Gasteiger partial charge in [-0.15, -0.1) is 0 Å². The summed E-state index contributed by atoms with van der Waals surface area (Å²) in [6, 6.07) is 6.08. The number of piperidine rings is 1. The molecule has 0 atom stereocenters. The monoisotopic (exact) mass is 333 g/mol. The van der Waals surface area contributed by atoms with E-state index in [9.17, 15) is 9.90 Å². The van der Waals surface area contributed by atoms with Gasteiger partial charge in [0.1, 0.15) is 5.75 Å². The van der Waals surface area contributed by atoms with Gasteiger partial charge >= 0.3 is 0 Å². The van der Waals surface area contributed by atoms with Crippen molar-refractivity contribution in [2.45, 2.75) is 52.9 Å². The molecular weight excluding hydrogens is 302 g/mol. The average Bonchev–Trinajstić information content (AvgIpc) is 2.61. The molecule has 0 unspecified atom stereocenters. The molecule has 0 aromatic heterocycles. The van der Waals surface area contributed by atoms with Gasteiger partial charge in [-0.2, -0.15) is 0 Å². The molecule has 4 nitrogen and oxygen atoms in total. The number of aryl methyl sites for hydroxylation is 2. The summed E-state index contributed by atoms with van der Waals surface area (Å²) < 4.78 is 5.74. The van der Waals surface area contributed by atoms with Crippen molar-refractivity contribution in [1.82, 2.24) is 4.90 Å². The molecular formula is C20H31NO3. The number of amides is 1. The van der Waals surface area contributed by atoms with Crippen LogP contribution in [-0.4, -0.2) is 42.2 Å². The molecule has 1 aromatic rings. The summed E-state index contributed by atoms with van der Waals surface area (Å²) in [5.41, 5.74) is 2.51. The fourth-order valence-electron chi connectivity index (χ4n) is 3.23. The summed E-state index contributed by atoms with van der Waals surface area (Å²) in [7, 11) is 0. The number of hydrogen-bond acceptors (Lipinski definition) is 3. The number of nitrogens with zero attached hydrogens (tertiary/aromatic N) is 1. The SMILES string of the molecule is CCC1(CO)CCN(C(=O)CCCOc2ccc(C)c(C)c2)CC1. The van der Waals surface area contributed by atoms with E-state index in [1.165, 1.54) is 11.1 Å². The smallest absolute Gasteiger partial charge is 0.222 e. The lowest BCUT2D eigenvalue weighted by Crippen LogP contribution is -2.44. The molecule has 0 aliphatic carbocycles. The molecule has 24 heavy (non-hydrogen) atoms. The fraction of sp³-hybridized carbons (Fsp3) is 0.650. The van der Waals surface area contributed by atoms with Crippen LogP contribution in [0.2, 0.25) is 0 Å². The van der Waals surface area contributed by atoms with Crippen molar-refractivity contribution in [3.05, 3.63) is 29.3 Å². The molecule has 0 radical (unpaired) electrons. The van der Waals surface area contributed by atoms with Gasteiger partial charge in [0.25, 0.3) is 0 Å². The topological polar surface area (TPSA) is 49.8 Å². The van der Waals surface area contributed by atoms with E-state index in [2.05, 4.69) is 26.8 Å². The van der Waals surface area contributed by atoms with E-state index in [4.69, 9.17) is 4.74 Å². The third-order valence-electron chi connectivity index (χ3n) is 5.54. The van der Waals surface area contributed by atoms with E-state index in [1.54, 1.807) is 0 Å². The highest BCUT2D eigenvalue weighted by atomic mass is 16.5. The Morgan fingerprint density at radius 3 is 2.54 bits per heavy atom. The van der Waals surface area contributed by atoms with Gasteiger partial charge in [0.2, 0.25) is 5.91 Å². The Kier molecular flexibility index (Phi) is 6.67. The van der Waals surface area contributed by atoms with E-state index >= 15 is 0 Å². The number of rotatable bonds is 7. The van der Waals surface area contributed by atoms with Crippen molar-refractivity contribution >= 4 is 5.91 Å². The van der Waals surface area contributed by atoms with Gasteiger partial charge in [0.15, 0.2) is 0 Å². The lowest BCUT2D eigenvalue weighted by atomic mass is 9.77. The van der Waals surface area contributed by atoms with Gasteiger partial charge in [-0.1, -0.05) is 13.0 Å². The molecule has 1 aliphatic rings. The maximum absolute atomic E-state index is 12.3. The molecule has 0 spiro atoms. The summed E-state index contributed by atoms with van der Waals surface area (Å²) in [6.45, 7) is 8.62. The molecule has 1 aromatic carbocycles. The van der Waals surface area contributed by atoms with Crippen LogP contribution < -0.4 is 4.74 Å². The number of ether oxygens (including phenoxy) is 1. The van der Waals surface area contributed by atoms with Crippen molar-refractivity contribution in [1.29, 1.82) is 0 Å². The standard InChI is InChI=1S/C20H31NO3/c1-4-20(15-22)9-11-21(12-10-20)19(23)6-5-13-24-18-8-7-16(2)17(3)14-18/h7-8,14,22H,4-6,9-13,15H2,1-3H3. The van der Waals surface area contributed by atoms with Crippen LogP contribution in [0.25, 0.3) is 0 Å².